The summed E-state index contributed by atoms with van der Waals surface area (Å²) in [4.78, 5) is 23.4. The predicted octanol–water partition coefficient (Wildman–Crippen LogP) is 2.29. The lowest BCUT2D eigenvalue weighted by atomic mass is 9.90. The molecule has 1 atom stereocenters. The fraction of sp³-hybridized carbons (Fsp3) is 0.167. The third-order valence-corrected chi connectivity index (χ3v) is 4.59. The second-order valence-electron chi connectivity index (χ2n) is 6.15. The van der Waals surface area contributed by atoms with Crippen molar-refractivity contribution < 1.29 is 9.59 Å². The van der Waals surface area contributed by atoms with E-state index < -0.39 is 11.6 Å². The predicted molar refractivity (Wildman–Crippen MR) is 90.2 cm³/mol. The summed E-state index contributed by atoms with van der Waals surface area (Å²) in [6.45, 7) is 1.70. The molecule has 1 aliphatic heterocycles. The number of rotatable bonds is 2. The number of aromatic nitrogens is 2. The van der Waals surface area contributed by atoms with E-state index in [9.17, 15) is 9.59 Å². The molecule has 2 heterocycles. The number of nitrogens with zero attached hydrogens (tertiary/aromatic N) is 2. The first-order valence-electron chi connectivity index (χ1n) is 7.64. The lowest BCUT2D eigenvalue weighted by molar-refractivity contribution is -0.123. The smallest absolute Gasteiger partial charge is 0.320 e. The Bertz CT molecular complexity index is 974. The van der Waals surface area contributed by atoms with Gasteiger partial charge in [0.25, 0.3) is 5.91 Å². The number of imide groups is 1. The fourth-order valence-corrected chi connectivity index (χ4v) is 3.09. The van der Waals surface area contributed by atoms with Gasteiger partial charge in [-0.15, -0.1) is 0 Å². The highest BCUT2D eigenvalue weighted by Gasteiger charge is 2.43. The minimum atomic E-state index is -1.02. The molecule has 1 aliphatic rings. The lowest BCUT2D eigenvalue weighted by Crippen LogP contribution is -2.40. The first-order chi connectivity index (χ1) is 11.5. The Morgan fingerprint density at radius 1 is 1.04 bits per heavy atom. The van der Waals surface area contributed by atoms with Gasteiger partial charge in [0.05, 0.1) is 11.7 Å². The number of hydrogen-bond acceptors (Lipinski definition) is 3. The van der Waals surface area contributed by atoms with E-state index in [0.717, 1.165) is 27.6 Å². The molecule has 6 nitrogen and oxygen atoms in total. The molecule has 1 aromatic heterocycles. The molecule has 0 radical (unpaired) electrons. The van der Waals surface area contributed by atoms with Crippen molar-refractivity contribution >= 4 is 22.8 Å². The van der Waals surface area contributed by atoms with Gasteiger partial charge in [-0.3, -0.25) is 14.8 Å². The zero-order valence-electron chi connectivity index (χ0n) is 13.3. The van der Waals surface area contributed by atoms with Crippen LogP contribution in [0.4, 0.5) is 4.79 Å². The molecule has 3 aromatic rings. The summed E-state index contributed by atoms with van der Waals surface area (Å²) in [5.41, 5.74) is 2.92. The number of carbonyl (C=O) groups excluding carboxylic acids is 2. The summed E-state index contributed by atoms with van der Waals surface area (Å²) < 4.78 is 1.84. The standard InChI is InChI=1S/C18H16N4O2/c1-18(16(23)20-17(24)21-18)14-6-3-11(4-7-14)12-5-8-15-13(9-12)10-19-22(15)2/h3-10H,1-2H3,(H2,20,21,23,24). The Hall–Kier alpha value is -3.15. The highest BCUT2D eigenvalue weighted by molar-refractivity contribution is 6.07. The van der Waals surface area contributed by atoms with Crippen LogP contribution in [0.25, 0.3) is 22.0 Å². The van der Waals surface area contributed by atoms with Gasteiger partial charge in [-0.05, 0) is 35.7 Å². The van der Waals surface area contributed by atoms with Crippen LogP contribution < -0.4 is 10.6 Å². The largest absolute Gasteiger partial charge is 0.322 e. The van der Waals surface area contributed by atoms with Crippen LogP contribution in [-0.2, 0) is 17.4 Å². The van der Waals surface area contributed by atoms with Gasteiger partial charge >= 0.3 is 6.03 Å². The van der Waals surface area contributed by atoms with Crippen LogP contribution >= 0.6 is 0 Å². The van der Waals surface area contributed by atoms with E-state index in [1.54, 1.807) is 6.92 Å². The summed E-state index contributed by atoms with van der Waals surface area (Å²) in [6, 6.07) is 13.4. The van der Waals surface area contributed by atoms with Gasteiger partial charge in [0.2, 0.25) is 0 Å². The number of fused-ring (bicyclic) bond motifs is 1. The van der Waals surface area contributed by atoms with Gasteiger partial charge in [0.15, 0.2) is 0 Å². The van der Waals surface area contributed by atoms with Crippen molar-refractivity contribution in [2.24, 2.45) is 7.05 Å². The number of amides is 3. The zero-order valence-corrected chi connectivity index (χ0v) is 13.3. The average Bonchev–Trinajstić information content (AvgIpc) is 3.07. The summed E-state index contributed by atoms with van der Waals surface area (Å²) in [5.74, 6) is -0.336. The van der Waals surface area contributed by atoms with Crippen LogP contribution in [0.15, 0.2) is 48.7 Å². The molecule has 6 heteroatoms. The molecule has 24 heavy (non-hydrogen) atoms. The van der Waals surface area contributed by atoms with Gasteiger partial charge in [0, 0.05) is 12.4 Å². The second kappa shape index (κ2) is 4.92. The topological polar surface area (TPSA) is 76.0 Å². The molecule has 1 saturated heterocycles. The number of hydrogen-bond donors (Lipinski definition) is 2. The summed E-state index contributed by atoms with van der Waals surface area (Å²) in [6.07, 6.45) is 1.84. The number of carbonyl (C=O) groups is 2. The summed E-state index contributed by atoms with van der Waals surface area (Å²) >= 11 is 0. The van der Waals surface area contributed by atoms with Crippen molar-refractivity contribution in [3.63, 3.8) is 0 Å². The Kier molecular flexibility index (Phi) is 2.96. The van der Waals surface area contributed by atoms with Crippen molar-refractivity contribution in [2.45, 2.75) is 12.5 Å². The Morgan fingerprint density at radius 2 is 1.75 bits per heavy atom. The van der Waals surface area contributed by atoms with Crippen LogP contribution in [0.5, 0.6) is 0 Å². The maximum absolute atomic E-state index is 12.0. The zero-order chi connectivity index (χ0) is 16.9. The van der Waals surface area contributed by atoms with Crippen LogP contribution in [0.3, 0.4) is 0 Å². The first-order valence-corrected chi connectivity index (χ1v) is 7.64. The number of nitrogens with one attached hydrogen (secondary N) is 2. The molecule has 3 amide bonds. The Balaban J connectivity index is 1.70. The summed E-state index contributed by atoms with van der Waals surface area (Å²) in [5, 5.41) is 10.3. The maximum atomic E-state index is 12.0. The molecule has 1 unspecified atom stereocenters. The minimum Gasteiger partial charge on any atom is -0.320 e. The highest BCUT2D eigenvalue weighted by Crippen LogP contribution is 2.28. The van der Waals surface area contributed by atoms with Gasteiger partial charge in [-0.25, -0.2) is 4.79 Å². The van der Waals surface area contributed by atoms with Gasteiger partial charge in [-0.1, -0.05) is 30.3 Å². The van der Waals surface area contributed by atoms with Crippen LogP contribution in [-0.4, -0.2) is 21.7 Å². The van der Waals surface area contributed by atoms with Crippen molar-refractivity contribution in [1.82, 2.24) is 20.4 Å². The minimum absolute atomic E-state index is 0.336. The SMILES string of the molecule is Cn1ncc2cc(-c3ccc(C4(C)NC(=O)NC4=O)cc3)ccc21. The Labute approximate surface area is 138 Å². The molecular formula is C18H16N4O2. The number of aryl methyl sites for hydroxylation is 1. The lowest BCUT2D eigenvalue weighted by Gasteiger charge is -2.21. The highest BCUT2D eigenvalue weighted by atomic mass is 16.2. The van der Waals surface area contributed by atoms with Crippen molar-refractivity contribution in [3.8, 4) is 11.1 Å². The van der Waals surface area contributed by atoms with Crippen molar-refractivity contribution in [1.29, 1.82) is 0 Å². The quantitative estimate of drug-likeness (QED) is 0.711. The Morgan fingerprint density at radius 3 is 2.42 bits per heavy atom. The fourth-order valence-electron chi connectivity index (χ4n) is 3.09. The molecule has 0 saturated carbocycles. The third kappa shape index (κ3) is 2.07. The normalized spacial score (nSPS) is 20.2. The molecule has 0 aliphatic carbocycles. The van der Waals surface area contributed by atoms with E-state index in [1.165, 1.54) is 0 Å². The van der Waals surface area contributed by atoms with Crippen LogP contribution in [0, 0.1) is 0 Å². The van der Waals surface area contributed by atoms with Crippen LogP contribution in [0.2, 0.25) is 0 Å². The van der Waals surface area contributed by atoms with E-state index in [2.05, 4.69) is 21.8 Å². The molecule has 4 rings (SSSR count). The molecule has 2 aromatic carbocycles. The monoisotopic (exact) mass is 320 g/mol. The third-order valence-electron chi connectivity index (χ3n) is 4.59. The second-order valence-corrected chi connectivity index (χ2v) is 6.15. The molecule has 120 valence electrons. The molecule has 0 bridgehead atoms. The van der Waals surface area contributed by atoms with E-state index in [-0.39, 0.29) is 5.91 Å². The van der Waals surface area contributed by atoms with E-state index in [0.29, 0.717) is 0 Å². The van der Waals surface area contributed by atoms with E-state index >= 15 is 0 Å². The van der Waals surface area contributed by atoms with E-state index in [1.807, 2.05) is 54.3 Å². The molecule has 2 N–H and O–H groups in total. The van der Waals surface area contributed by atoms with Crippen molar-refractivity contribution in [2.75, 3.05) is 0 Å². The van der Waals surface area contributed by atoms with Gasteiger partial charge < -0.3 is 5.32 Å². The summed E-state index contributed by atoms with van der Waals surface area (Å²) in [7, 11) is 1.92. The maximum Gasteiger partial charge on any atom is 0.322 e. The first kappa shape index (κ1) is 14.4. The van der Waals surface area contributed by atoms with Gasteiger partial charge in [0.1, 0.15) is 5.54 Å². The molecule has 0 spiro atoms. The molecule has 1 fully saturated rings. The number of urea groups is 1. The molecular weight excluding hydrogens is 304 g/mol. The average molecular weight is 320 g/mol. The van der Waals surface area contributed by atoms with E-state index in [4.69, 9.17) is 0 Å². The van der Waals surface area contributed by atoms with Crippen molar-refractivity contribution in [3.05, 3.63) is 54.2 Å². The number of benzene rings is 2. The van der Waals surface area contributed by atoms with Gasteiger partial charge in [-0.2, -0.15) is 5.10 Å². The van der Waals surface area contributed by atoms with Crippen LogP contribution in [0.1, 0.15) is 12.5 Å².